The van der Waals surface area contributed by atoms with Crippen LogP contribution < -0.4 is 5.32 Å². The van der Waals surface area contributed by atoms with Crippen LogP contribution in [-0.4, -0.2) is 16.2 Å². The number of halogens is 3. The molecule has 1 N–H and O–H groups in total. The Bertz CT molecular complexity index is 371. The fraction of sp³-hybridized carbons (Fsp3) is 0.750. The van der Waals surface area contributed by atoms with E-state index in [1.807, 2.05) is 0 Å². The maximum Gasteiger partial charge on any atom is 0.445 e. The lowest BCUT2D eigenvalue weighted by atomic mass is 10.2. The molecule has 0 aliphatic heterocycles. The first-order valence-corrected chi connectivity index (χ1v) is 5.28. The van der Waals surface area contributed by atoms with Gasteiger partial charge in [-0.15, -0.1) is 10.2 Å². The zero-order valence-electron chi connectivity index (χ0n) is 8.22. The number of anilines is 1. The zero-order valence-corrected chi connectivity index (χ0v) is 9.04. The molecule has 1 unspecified atom stereocenters. The van der Waals surface area contributed by atoms with Crippen molar-refractivity contribution in [1.29, 1.82) is 0 Å². The van der Waals surface area contributed by atoms with Gasteiger partial charge in [-0.1, -0.05) is 25.2 Å². The van der Waals surface area contributed by atoms with Crippen molar-refractivity contribution in [2.45, 2.75) is 32.5 Å². The molecule has 0 radical (unpaired) electrons. The molecule has 0 spiro atoms. The summed E-state index contributed by atoms with van der Waals surface area (Å²) in [6, 6.07) is 0.214. The molecule has 15 heavy (non-hydrogen) atoms. The highest BCUT2D eigenvalue weighted by atomic mass is 32.1. The van der Waals surface area contributed by atoms with Crippen LogP contribution in [0.4, 0.5) is 18.3 Å². The SMILES string of the molecule is CC1(C)CC1Nc1nnc(C(F)(F)F)s1. The Morgan fingerprint density at radius 3 is 2.40 bits per heavy atom. The molecule has 2 rings (SSSR count). The minimum Gasteiger partial charge on any atom is -0.357 e. The second-order valence-electron chi connectivity index (χ2n) is 4.30. The Hall–Kier alpha value is -0.850. The number of rotatable bonds is 2. The highest BCUT2D eigenvalue weighted by Crippen LogP contribution is 2.47. The molecule has 1 fully saturated rings. The quantitative estimate of drug-likeness (QED) is 0.859. The first-order chi connectivity index (χ1) is 6.79. The summed E-state index contributed by atoms with van der Waals surface area (Å²) in [5, 5.41) is 8.85. The molecular formula is C8H10F3N3S. The van der Waals surface area contributed by atoms with E-state index < -0.39 is 11.2 Å². The lowest BCUT2D eigenvalue weighted by Gasteiger charge is -2.02. The number of nitrogens with zero attached hydrogens (tertiary/aromatic N) is 2. The van der Waals surface area contributed by atoms with Crippen molar-refractivity contribution in [3.8, 4) is 0 Å². The average molecular weight is 237 g/mol. The molecule has 1 aliphatic carbocycles. The van der Waals surface area contributed by atoms with Crippen LogP contribution in [0.25, 0.3) is 0 Å². The summed E-state index contributed by atoms with van der Waals surface area (Å²) < 4.78 is 36.6. The normalized spacial score (nSPS) is 23.9. The van der Waals surface area contributed by atoms with E-state index in [-0.39, 0.29) is 16.6 Å². The molecule has 1 aromatic heterocycles. The molecule has 1 atom stereocenters. The van der Waals surface area contributed by atoms with Crippen LogP contribution in [0.3, 0.4) is 0 Å². The van der Waals surface area contributed by atoms with Gasteiger partial charge in [-0.2, -0.15) is 13.2 Å². The van der Waals surface area contributed by atoms with Crippen LogP contribution in [0.5, 0.6) is 0 Å². The van der Waals surface area contributed by atoms with E-state index in [0.717, 1.165) is 6.42 Å². The predicted molar refractivity (Wildman–Crippen MR) is 50.7 cm³/mol. The van der Waals surface area contributed by atoms with E-state index in [0.29, 0.717) is 11.3 Å². The standard InChI is InChI=1S/C8H10F3N3S/c1-7(2)3-4(7)12-6-14-13-5(15-6)8(9,10)11/h4H,3H2,1-2H3,(H,12,14). The summed E-state index contributed by atoms with van der Waals surface area (Å²) in [4.78, 5) is 0. The molecule has 0 aromatic carbocycles. The van der Waals surface area contributed by atoms with Gasteiger partial charge < -0.3 is 5.32 Å². The van der Waals surface area contributed by atoms with Gasteiger partial charge in [0, 0.05) is 6.04 Å². The molecule has 0 amide bonds. The molecule has 1 heterocycles. The third kappa shape index (κ3) is 2.22. The van der Waals surface area contributed by atoms with Gasteiger partial charge in [0.25, 0.3) is 0 Å². The van der Waals surface area contributed by atoms with Gasteiger partial charge in [-0.05, 0) is 11.8 Å². The van der Waals surface area contributed by atoms with Crippen molar-refractivity contribution in [3.05, 3.63) is 5.01 Å². The van der Waals surface area contributed by atoms with Crippen LogP contribution in [0.15, 0.2) is 0 Å². The van der Waals surface area contributed by atoms with Gasteiger partial charge in [0.2, 0.25) is 10.1 Å². The summed E-state index contributed by atoms with van der Waals surface area (Å²) in [7, 11) is 0. The fourth-order valence-corrected chi connectivity index (χ4v) is 1.92. The summed E-state index contributed by atoms with van der Waals surface area (Å²) in [6.45, 7) is 4.10. The lowest BCUT2D eigenvalue weighted by Crippen LogP contribution is -2.07. The largest absolute Gasteiger partial charge is 0.445 e. The minimum absolute atomic E-state index is 0.157. The third-order valence-corrected chi connectivity index (χ3v) is 3.38. The van der Waals surface area contributed by atoms with Crippen molar-refractivity contribution in [3.63, 3.8) is 0 Å². The topological polar surface area (TPSA) is 37.8 Å². The van der Waals surface area contributed by atoms with E-state index in [4.69, 9.17) is 0 Å². The molecule has 84 valence electrons. The van der Waals surface area contributed by atoms with Crippen molar-refractivity contribution >= 4 is 16.5 Å². The van der Waals surface area contributed by atoms with Crippen molar-refractivity contribution in [2.75, 3.05) is 5.32 Å². The van der Waals surface area contributed by atoms with Gasteiger partial charge in [-0.3, -0.25) is 0 Å². The highest BCUT2D eigenvalue weighted by molar-refractivity contribution is 7.15. The molecular weight excluding hydrogens is 227 g/mol. The van der Waals surface area contributed by atoms with E-state index in [1.165, 1.54) is 0 Å². The zero-order chi connectivity index (χ0) is 11.3. The second kappa shape index (κ2) is 3.07. The maximum absolute atomic E-state index is 12.2. The van der Waals surface area contributed by atoms with Crippen molar-refractivity contribution in [2.24, 2.45) is 5.41 Å². The van der Waals surface area contributed by atoms with Crippen LogP contribution in [0.1, 0.15) is 25.3 Å². The first kappa shape index (κ1) is 10.7. The highest BCUT2D eigenvalue weighted by Gasteiger charge is 2.46. The maximum atomic E-state index is 12.2. The molecule has 1 saturated carbocycles. The van der Waals surface area contributed by atoms with E-state index in [9.17, 15) is 13.2 Å². The summed E-state index contributed by atoms with van der Waals surface area (Å²) >= 11 is 0.551. The van der Waals surface area contributed by atoms with E-state index in [1.54, 1.807) is 0 Å². The molecule has 0 saturated heterocycles. The number of aromatic nitrogens is 2. The summed E-state index contributed by atoms with van der Waals surface area (Å²) in [5.41, 5.74) is 0.157. The third-order valence-electron chi connectivity index (χ3n) is 2.48. The summed E-state index contributed by atoms with van der Waals surface area (Å²) in [5.74, 6) is 0. The lowest BCUT2D eigenvalue weighted by molar-refractivity contribution is -0.138. The van der Waals surface area contributed by atoms with Crippen molar-refractivity contribution < 1.29 is 13.2 Å². The van der Waals surface area contributed by atoms with Crippen LogP contribution >= 0.6 is 11.3 Å². The average Bonchev–Trinajstić information content (AvgIpc) is 2.51. The number of nitrogens with one attached hydrogen (secondary N) is 1. The van der Waals surface area contributed by atoms with E-state index in [2.05, 4.69) is 29.4 Å². The van der Waals surface area contributed by atoms with Crippen molar-refractivity contribution in [1.82, 2.24) is 10.2 Å². The molecule has 1 aromatic rings. The Morgan fingerprint density at radius 2 is 2.00 bits per heavy atom. The monoisotopic (exact) mass is 237 g/mol. The Morgan fingerprint density at radius 1 is 1.40 bits per heavy atom. The first-order valence-electron chi connectivity index (χ1n) is 4.46. The smallest absolute Gasteiger partial charge is 0.357 e. The van der Waals surface area contributed by atoms with Gasteiger partial charge in [0.15, 0.2) is 0 Å². The second-order valence-corrected chi connectivity index (χ2v) is 5.28. The minimum atomic E-state index is -4.39. The number of alkyl halides is 3. The Kier molecular flexibility index (Phi) is 2.18. The van der Waals surface area contributed by atoms with Crippen LogP contribution in [-0.2, 0) is 6.18 Å². The van der Waals surface area contributed by atoms with E-state index >= 15 is 0 Å². The van der Waals surface area contributed by atoms with Crippen LogP contribution in [0.2, 0.25) is 0 Å². The Labute approximate surface area is 88.7 Å². The molecule has 0 bridgehead atoms. The van der Waals surface area contributed by atoms with Gasteiger partial charge in [0.1, 0.15) is 0 Å². The van der Waals surface area contributed by atoms with Crippen LogP contribution in [0, 0.1) is 5.41 Å². The van der Waals surface area contributed by atoms with Gasteiger partial charge >= 0.3 is 6.18 Å². The molecule has 1 aliphatic rings. The number of hydrogen-bond acceptors (Lipinski definition) is 4. The van der Waals surface area contributed by atoms with Gasteiger partial charge in [0.05, 0.1) is 0 Å². The summed E-state index contributed by atoms with van der Waals surface area (Å²) in [6.07, 6.45) is -3.44. The predicted octanol–water partition coefficient (Wildman–Crippen LogP) is 2.77. The number of hydrogen-bond donors (Lipinski definition) is 1. The van der Waals surface area contributed by atoms with Gasteiger partial charge in [-0.25, -0.2) is 0 Å². The Balaban J connectivity index is 2.03. The molecule has 3 nitrogen and oxygen atoms in total. The molecule has 7 heteroatoms. The fourth-order valence-electron chi connectivity index (χ4n) is 1.26.